The van der Waals surface area contributed by atoms with Gasteiger partial charge in [-0.2, -0.15) is 0 Å². The van der Waals surface area contributed by atoms with Gasteiger partial charge in [0.05, 0.1) is 31.7 Å². The minimum atomic E-state index is -0.875. The Hall–Kier alpha value is -3.23. The number of anilines is 2. The number of ether oxygens (including phenoxy) is 2. The molecule has 8 nitrogen and oxygen atoms in total. The molecule has 180 valence electrons. The number of aromatic nitrogens is 3. The molecule has 3 aromatic heterocycles. The quantitative estimate of drug-likeness (QED) is 0.478. The molecule has 1 aliphatic rings. The summed E-state index contributed by atoms with van der Waals surface area (Å²) in [5, 5.41) is 14.0. The van der Waals surface area contributed by atoms with Crippen LogP contribution in [0, 0.1) is 6.92 Å². The molecular formula is C26H33N5O3. The van der Waals surface area contributed by atoms with Crippen molar-refractivity contribution < 1.29 is 14.6 Å². The van der Waals surface area contributed by atoms with E-state index >= 15 is 0 Å². The molecule has 8 heteroatoms. The molecule has 3 aromatic rings. The Labute approximate surface area is 201 Å². The van der Waals surface area contributed by atoms with Gasteiger partial charge in [0, 0.05) is 53.6 Å². The normalized spacial score (nSPS) is 14.8. The molecule has 4 rings (SSSR count). The van der Waals surface area contributed by atoms with Crippen LogP contribution in [0.4, 0.5) is 11.4 Å². The molecule has 0 spiro atoms. The van der Waals surface area contributed by atoms with Gasteiger partial charge in [0.2, 0.25) is 5.88 Å². The van der Waals surface area contributed by atoms with E-state index in [4.69, 9.17) is 9.47 Å². The number of morpholine rings is 1. The second-order valence-corrected chi connectivity index (χ2v) is 8.65. The zero-order valence-electron chi connectivity index (χ0n) is 20.3. The zero-order chi connectivity index (χ0) is 24.1. The Morgan fingerprint density at radius 1 is 1.12 bits per heavy atom. The fraction of sp³-hybridized carbons (Fsp3) is 0.423. The Morgan fingerprint density at radius 2 is 1.91 bits per heavy atom. The second-order valence-electron chi connectivity index (χ2n) is 8.65. The van der Waals surface area contributed by atoms with E-state index in [1.165, 1.54) is 0 Å². The van der Waals surface area contributed by atoms with Gasteiger partial charge in [0.15, 0.2) is 6.23 Å². The molecule has 1 fully saturated rings. The molecule has 1 aliphatic heterocycles. The van der Waals surface area contributed by atoms with E-state index in [-0.39, 0.29) is 5.92 Å². The molecule has 4 heterocycles. The number of aliphatic hydroxyl groups excluding tert-OH is 1. The van der Waals surface area contributed by atoms with Gasteiger partial charge in [0.25, 0.3) is 0 Å². The van der Waals surface area contributed by atoms with E-state index in [1.54, 1.807) is 12.4 Å². The second kappa shape index (κ2) is 10.8. The van der Waals surface area contributed by atoms with Crippen LogP contribution in [0.15, 0.2) is 42.9 Å². The van der Waals surface area contributed by atoms with Crippen molar-refractivity contribution in [2.45, 2.75) is 39.8 Å². The van der Waals surface area contributed by atoms with Gasteiger partial charge in [-0.05, 0) is 44.0 Å². The van der Waals surface area contributed by atoms with Gasteiger partial charge in [-0.1, -0.05) is 13.8 Å². The summed E-state index contributed by atoms with van der Waals surface area (Å²) in [6.45, 7) is 11.6. The molecule has 0 aromatic carbocycles. The van der Waals surface area contributed by atoms with Crippen molar-refractivity contribution in [2.24, 2.45) is 0 Å². The highest BCUT2D eigenvalue weighted by Crippen LogP contribution is 2.34. The van der Waals surface area contributed by atoms with E-state index in [0.717, 1.165) is 52.5 Å². The highest BCUT2D eigenvalue weighted by Gasteiger charge is 2.19. The molecule has 0 amide bonds. The van der Waals surface area contributed by atoms with Crippen molar-refractivity contribution in [3.63, 3.8) is 0 Å². The van der Waals surface area contributed by atoms with Crippen molar-refractivity contribution in [1.29, 1.82) is 0 Å². The zero-order valence-corrected chi connectivity index (χ0v) is 20.3. The number of rotatable bonds is 8. The molecule has 0 aliphatic carbocycles. The first-order chi connectivity index (χ1) is 16.5. The minimum Gasteiger partial charge on any atom is -0.476 e. The molecule has 1 saturated heterocycles. The van der Waals surface area contributed by atoms with Crippen molar-refractivity contribution in [1.82, 2.24) is 15.0 Å². The van der Waals surface area contributed by atoms with E-state index in [1.807, 2.05) is 38.2 Å². The third-order valence-electron chi connectivity index (χ3n) is 5.88. The summed E-state index contributed by atoms with van der Waals surface area (Å²) >= 11 is 0. The van der Waals surface area contributed by atoms with E-state index in [0.29, 0.717) is 25.7 Å². The first-order valence-electron chi connectivity index (χ1n) is 11.8. The number of aryl methyl sites for hydroxylation is 1. The maximum Gasteiger partial charge on any atom is 0.237 e. The van der Waals surface area contributed by atoms with Crippen molar-refractivity contribution >= 4 is 11.4 Å². The van der Waals surface area contributed by atoms with Crippen LogP contribution >= 0.6 is 0 Å². The predicted octanol–water partition coefficient (Wildman–Crippen LogP) is 4.31. The molecule has 1 atom stereocenters. The van der Waals surface area contributed by atoms with Crippen LogP contribution in [0.2, 0.25) is 0 Å². The molecular weight excluding hydrogens is 430 g/mol. The minimum absolute atomic E-state index is 0.285. The average Bonchev–Trinajstić information content (AvgIpc) is 2.86. The molecule has 0 saturated carbocycles. The van der Waals surface area contributed by atoms with Crippen LogP contribution in [0.1, 0.15) is 49.9 Å². The van der Waals surface area contributed by atoms with Crippen LogP contribution in [0.5, 0.6) is 5.88 Å². The first kappa shape index (κ1) is 23.9. The third-order valence-corrected chi connectivity index (χ3v) is 5.88. The molecule has 0 radical (unpaired) electrons. The van der Waals surface area contributed by atoms with Gasteiger partial charge in [0.1, 0.15) is 5.69 Å². The lowest BCUT2D eigenvalue weighted by atomic mass is 10.0. The Balaban J connectivity index is 1.62. The summed E-state index contributed by atoms with van der Waals surface area (Å²) in [5.74, 6) is 0.912. The van der Waals surface area contributed by atoms with Crippen LogP contribution in [-0.4, -0.2) is 53.0 Å². The maximum absolute atomic E-state index is 10.8. The fourth-order valence-electron chi connectivity index (χ4n) is 3.96. The van der Waals surface area contributed by atoms with Crippen LogP contribution in [0.3, 0.4) is 0 Å². The molecule has 2 N–H and O–H groups in total. The number of pyridine rings is 3. The van der Waals surface area contributed by atoms with Crippen molar-refractivity contribution in [3.8, 4) is 17.0 Å². The van der Waals surface area contributed by atoms with Crippen molar-refractivity contribution in [2.75, 3.05) is 43.1 Å². The number of hydrogen-bond donors (Lipinski definition) is 2. The summed E-state index contributed by atoms with van der Waals surface area (Å²) < 4.78 is 11.3. The predicted molar refractivity (Wildman–Crippen MR) is 133 cm³/mol. The topological polar surface area (TPSA) is 92.6 Å². The van der Waals surface area contributed by atoms with E-state index < -0.39 is 6.23 Å². The van der Waals surface area contributed by atoms with Gasteiger partial charge >= 0.3 is 0 Å². The Bertz CT molecular complexity index is 1120. The van der Waals surface area contributed by atoms with Crippen LogP contribution < -0.4 is 15.0 Å². The lowest BCUT2D eigenvalue weighted by Crippen LogP contribution is -2.36. The smallest absolute Gasteiger partial charge is 0.237 e. The number of aliphatic hydroxyl groups is 1. The average molecular weight is 464 g/mol. The molecule has 1 unspecified atom stereocenters. The van der Waals surface area contributed by atoms with Gasteiger partial charge in [-0.3, -0.25) is 9.97 Å². The Morgan fingerprint density at radius 3 is 2.65 bits per heavy atom. The summed E-state index contributed by atoms with van der Waals surface area (Å²) in [6, 6.07) is 7.84. The Kier molecular flexibility index (Phi) is 7.59. The van der Waals surface area contributed by atoms with Gasteiger partial charge < -0.3 is 24.8 Å². The summed E-state index contributed by atoms with van der Waals surface area (Å²) in [4.78, 5) is 15.8. The third kappa shape index (κ3) is 5.46. The summed E-state index contributed by atoms with van der Waals surface area (Å²) in [7, 11) is 0. The number of hydrogen-bond acceptors (Lipinski definition) is 8. The first-order valence-corrected chi connectivity index (χ1v) is 11.8. The van der Waals surface area contributed by atoms with Gasteiger partial charge in [-0.15, -0.1) is 0 Å². The van der Waals surface area contributed by atoms with Crippen LogP contribution in [0.25, 0.3) is 11.1 Å². The van der Waals surface area contributed by atoms with Crippen LogP contribution in [-0.2, 0) is 4.74 Å². The maximum atomic E-state index is 10.8. The summed E-state index contributed by atoms with van der Waals surface area (Å²) in [6.07, 6.45) is 4.40. The number of nitrogens with zero attached hydrogens (tertiary/aromatic N) is 4. The monoisotopic (exact) mass is 463 g/mol. The fourth-order valence-corrected chi connectivity index (χ4v) is 3.96. The largest absolute Gasteiger partial charge is 0.476 e. The van der Waals surface area contributed by atoms with E-state index in [2.05, 4.69) is 45.1 Å². The highest BCUT2D eigenvalue weighted by molar-refractivity contribution is 5.74. The summed E-state index contributed by atoms with van der Waals surface area (Å²) in [5.41, 5.74) is 6.15. The lowest BCUT2D eigenvalue weighted by molar-refractivity contribution is 0.122. The SMILES string of the molecule is CCOc1ncc(-c2cc(NC(O)c3ccnc(C(C)C)c3)cnc2C)cc1N1CCOCC1. The highest BCUT2D eigenvalue weighted by atomic mass is 16.5. The van der Waals surface area contributed by atoms with Crippen molar-refractivity contribution in [3.05, 3.63) is 59.8 Å². The standard InChI is InChI=1S/C26H33N5O3/c1-5-34-26-24(31-8-10-33-11-9-31)13-20(15-29-26)22-14-21(16-28-18(22)4)30-25(32)19-6-7-27-23(12-19)17(2)3/h6-7,12-17,25,30,32H,5,8-11H2,1-4H3. The van der Waals surface area contributed by atoms with Gasteiger partial charge in [-0.25, -0.2) is 4.98 Å². The number of nitrogens with one attached hydrogen (secondary N) is 1. The lowest BCUT2D eigenvalue weighted by Gasteiger charge is -2.30. The molecule has 34 heavy (non-hydrogen) atoms. The van der Waals surface area contributed by atoms with E-state index in [9.17, 15) is 5.11 Å². The molecule has 0 bridgehead atoms.